The Morgan fingerprint density at radius 2 is 1.20 bits per heavy atom. The first-order valence-corrected chi connectivity index (χ1v) is 25.0. The van der Waals surface area contributed by atoms with Gasteiger partial charge < -0.3 is 71.2 Å². The third-order valence-electron chi connectivity index (χ3n) is 11.4. The summed E-state index contributed by atoms with van der Waals surface area (Å²) in [6.45, 7) is 10.9. The minimum absolute atomic E-state index is 0.000602. The molecule has 0 unspecified atom stereocenters. The van der Waals surface area contributed by atoms with Gasteiger partial charge in [-0.15, -0.1) is 0 Å². The average Bonchev–Trinajstić information content (AvgIpc) is 3.68. The highest BCUT2D eigenvalue weighted by Gasteiger charge is 2.33. The quantitative estimate of drug-likeness (QED) is 0.0318. The van der Waals surface area contributed by atoms with Crippen molar-refractivity contribution in [3.8, 4) is 11.1 Å². The van der Waals surface area contributed by atoms with Crippen LogP contribution in [0.4, 0.5) is 15.3 Å². The highest BCUT2D eigenvalue weighted by atomic mass is 16.6. The minimum Gasteiger partial charge on any atom is -0.460 e. The highest BCUT2D eigenvalue weighted by molar-refractivity contribution is 5.99. The lowest BCUT2D eigenvalue weighted by molar-refractivity contribution is -0.155. The molecule has 74 heavy (non-hydrogen) atoms. The molecule has 0 spiro atoms. The molecule has 3 aromatic rings. The summed E-state index contributed by atoms with van der Waals surface area (Å²) < 4.78 is 33.1. The first-order valence-electron chi connectivity index (χ1n) is 25.0. The summed E-state index contributed by atoms with van der Waals surface area (Å²) in [5.41, 5.74) is 10.0. The second-order valence-corrected chi connectivity index (χ2v) is 18.8. The summed E-state index contributed by atoms with van der Waals surface area (Å²) in [6, 6.07) is 18.5. The van der Waals surface area contributed by atoms with Gasteiger partial charge in [0, 0.05) is 37.5 Å². The Hall–Kier alpha value is -6.65. The SMILES string of the molecule is CC(C)[C@H](NC(=O)[C@H](CCC(=O)OC(C)(C)C)NC(=O)CCOCCOCCOCCOCCNC(=O)OCC1c2ccccc2-c2ccccc21)C(=O)N[C@@H](CCCNC(N)=O)C(=O)Nc1ccc(CO)cc1. The molecular formula is C53H75N7O14. The maximum atomic E-state index is 13.8. The Kier molecular flexibility index (Phi) is 25.8. The van der Waals surface area contributed by atoms with Gasteiger partial charge in [0.05, 0.1) is 59.5 Å². The van der Waals surface area contributed by atoms with Crippen molar-refractivity contribution in [1.29, 1.82) is 0 Å². The number of amides is 7. The minimum atomic E-state index is -1.25. The molecule has 0 radical (unpaired) electrons. The number of hydrogen-bond donors (Lipinski definition) is 8. The number of nitrogens with one attached hydrogen (secondary N) is 6. The molecule has 1 aliphatic carbocycles. The van der Waals surface area contributed by atoms with E-state index in [1.54, 1.807) is 58.9 Å². The molecule has 0 aromatic heterocycles. The van der Waals surface area contributed by atoms with Crippen LogP contribution in [-0.2, 0) is 59.0 Å². The lowest BCUT2D eigenvalue weighted by Gasteiger charge is -2.27. The third-order valence-corrected chi connectivity index (χ3v) is 11.4. The topological polar surface area (TPSA) is 293 Å². The molecule has 3 atom stereocenters. The van der Waals surface area contributed by atoms with Crippen LogP contribution in [0.15, 0.2) is 72.8 Å². The van der Waals surface area contributed by atoms with Gasteiger partial charge in [-0.25, -0.2) is 9.59 Å². The van der Waals surface area contributed by atoms with Crippen LogP contribution in [0, 0.1) is 5.92 Å². The Morgan fingerprint density at radius 1 is 0.635 bits per heavy atom. The maximum absolute atomic E-state index is 13.8. The van der Waals surface area contributed by atoms with E-state index < -0.39 is 71.4 Å². The molecule has 21 nitrogen and oxygen atoms in total. The highest BCUT2D eigenvalue weighted by Crippen LogP contribution is 2.44. The van der Waals surface area contributed by atoms with Gasteiger partial charge in [-0.1, -0.05) is 74.5 Å². The van der Waals surface area contributed by atoms with Crippen LogP contribution in [0.2, 0.25) is 0 Å². The van der Waals surface area contributed by atoms with Gasteiger partial charge >= 0.3 is 18.1 Å². The molecule has 0 saturated heterocycles. The summed E-state index contributed by atoms with van der Waals surface area (Å²) >= 11 is 0. The number of primary amides is 1. The number of rotatable bonds is 33. The van der Waals surface area contributed by atoms with Crippen molar-refractivity contribution in [3.05, 3.63) is 89.5 Å². The van der Waals surface area contributed by atoms with Crippen molar-refractivity contribution in [1.82, 2.24) is 26.6 Å². The number of carbonyl (C=O) groups is 7. The Balaban J connectivity index is 1.13. The number of benzene rings is 3. The lowest BCUT2D eigenvalue weighted by Crippen LogP contribution is -2.58. The molecular weight excluding hydrogens is 959 g/mol. The number of alkyl carbamates (subject to hydrolysis) is 1. The molecule has 21 heteroatoms. The molecule has 406 valence electrons. The van der Waals surface area contributed by atoms with E-state index in [4.69, 9.17) is 34.2 Å². The number of nitrogens with two attached hydrogens (primary N) is 1. The number of urea groups is 1. The molecule has 7 amide bonds. The van der Waals surface area contributed by atoms with E-state index >= 15 is 0 Å². The van der Waals surface area contributed by atoms with Crippen LogP contribution in [0.25, 0.3) is 11.1 Å². The van der Waals surface area contributed by atoms with Gasteiger partial charge in [-0.05, 0) is 85.9 Å². The fourth-order valence-electron chi connectivity index (χ4n) is 7.75. The van der Waals surface area contributed by atoms with Crippen LogP contribution in [0.1, 0.15) is 89.3 Å². The van der Waals surface area contributed by atoms with Gasteiger partial charge in [0.15, 0.2) is 0 Å². The molecule has 0 fully saturated rings. The number of esters is 1. The summed E-state index contributed by atoms with van der Waals surface area (Å²) in [6.07, 6.45) is -0.640. The fraction of sp³-hybridized carbons (Fsp3) is 0.528. The summed E-state index contributed by atoms with van der Waals surface area (Å²) in [5.74, 6) is -3.63. The lowest BCUT2D eigenvalue weighted by atomic mass is 9.98. The largest absolute Gasteiger partial charge is 0.460 e. The van der Waals surface area contributed by atoms with E-state index in [0.717, 1.165) is 22.3 Å². The van der Waals surface area contributed by atoms with E-state index in [-0.39, 0.29) is 90.8 Å². The number of ether oxygens (including phenoxy) is 6. The molecule has 1 aliphatic rings. The predicted octanol–water partition coefficient (Wildman–Crippen LogP) is 3.79. The molecule has 0 saturated carbocycles. The molecule has 0 heterocycles. The van der Waals surface area contributed by atoms with Gasteiger partial charge in [-0.3, -0.25) is 24.0 Å². The van der Waals surface area contributed by atoms with Crippen LogP contribution in [-0.4, -0.2) is 143 Å². The molecule has 4 rings (SSSR count). The first-order chi connectivity index (χ1) is 35.4. The van der Waals surface area contributed by atoms with Crippen molar-refractivity contribution in [2.24, 2.45) is 11.7 Å². The van der Waals surface area contributed by atoms with Gasteiger partial charge in [-0.2, -0.15) is 0 Å². The Bertz CT molecular complexity index is 2230. The zero-order valence-electron chi connectivity index (χ0n) is 43.2. The van der Waals surface area contributed by atoms with Crippen LogP contribution in [0.5, 0.6) is 0 Å². The zero-order chi connectivity index (χ0) is 53.9. The van der Waals surface area contributed by atoms with E-state index in [9.17, 15) is 38.7 Å². The predicted molar refractivity (Wildman–Crippen MR) is 274 cm³/mol. The number of aliphatic hydroxyl groups is 1. The number of fused-ring (bicyclic) bond motifs is 3. The summed E-state index contributed by atoms with van der Waals surface area (Å²) in [7, 11) is 0. The van der Waals surface area contributed by atoms with Crippen LogP contribution < -0.4 is 37.6 Å². The van der Waals surface area contributed by atoms with Crippen molar-refractivity contribution < 1.29 is 67.1 Å². The first kappa shape index (κ1) is 59.9. The average molecular weight is 1030 g/mol. The van der Waals surface area contributed by atoms with Crippen LogP contribution in [0.3, 0.4) is 0 Å². The standard InChI is InChI=1S/C53H75N7O14/c1-35(2)47(50(66)59-43(15-10-23-55-51(54)67)48(64)57-37-18-16-36(33-61)17-19-37)60-49(65)44(20-21-46(63)74-53(3,4)5)58-45(62)22-25-69-27-29-71-31-32-72-30-28-70-26-24-56-52(68)73-34-42-40-13-8-6-11-38(40)39-12-7-9-14-41(39)42/h6-9,11-14,16-19,35,42-44,47,61H,10,15,20-34H2,1-5H3,(H,56,68)(H,57,64)(H,58,62)(H,59,66)(H,60,65)(H3,54,55,67)/t43-,44-,47-/m0/s1. The normalized spacial score (nSPS) is 13.1. The van der Waals surface area contributed by atoms with E-state index in [1.165, 1.54) is 0 Å². The van der Waals surface area contributed by atoms with Gasteiger partial charge in [0.2, 0.25) is 23.6 Å². The van der Waals surface area contributed by atoms with E-state index in [2.05, 4.69) is 56.2 Å². The summed E-state index contributed by atoms with van der Waals surface area (Å²) in [4.78, 5) is 90.5. The third kappa shape index (κ3) is 21.8. The smallest absolute Gasteiger partial charge is 0.407 e. The molecule has 0 bridgehead atoms. The zero-order valence-corrected chi connectivity index (χ0v) is 43.2. The van der Waals surface area contributed by atoms with Crippen molar-refractivity contribution in [3.63, 3.8) is 0 Å². The Labute approximate surface area is 433 Å². The van der Waals surface area contributed by atoms with E-state index in [0.29, 0.717) is 37.7 Å². The van der Waals surface area contributed by atoms with Gasteiger partial charge in [0.1, 0.15) is 30.3 Å². The van der Waals surface area contributed by atoms with Crippen molar-refractivity contribution >= 4 is 47.4 Å². The van der Waals surface area contributed by atoms with Gasteiger partial charge in [0.25, 0.3) is 0 Å². The van der Waals surface area contributed by atoms with Crippen molar-refractivity contribution in [2.45, 2.75) is 103 Å². The molecule has 0 aliphatic heterocycles. The number of hydrogen-bond acceptors (Lipinski definition) is 14. The van der Waals surface area contributed by atoms with E-state index in [1.807, 2.05) is 24.3 Å². The monoisotopic (exact) mass is 1030 g/mol. The van der Waals surface area contributed by atoms with Crippen molar-refractivity contribution in [2.75, 3.05) is 77.9 Å². The number of aliphatic hydroxyl groups excluding tert-OH is 1. The second kappa shape index (κ2) is 31.8. The molecule has 9 N–H and O–H groups in total. The maximum Gasteiger partial charge on any atom is 0.407 e. The van der Waals surface area contributed by atoms with Crippen LogP contribution >= 0.6 is 0 Å². The Morgan fingerprint density at radius 3 is 1.77 bits per heavy atom. The molecule has 3 aromatic carbocycles. The number of carbonyl (C=O) groups excluding carboxylic acids is 7. The fourth-order valence-corrected chi connectivity index (χ4v) is 7.75. The number of anilines is 1. The second-order valence-electron chi connectivity index (χ2n) is 18.8. The summed E-state index contributed by atoms with van der Waals surface area (Å²) in [5, 5.41) is 25.3.